The first kappa shape index (κ1) is 14.0. The third kappa shape index (κ3) is 2.13. The number of aliphatic hydroxyl groups is 1. The Labute approximate surface area is 113 Å². The van der Waals surface area contributed by atoms with Crippen LogP contribution in [0.1, 0.15) is 37.2 Å². The average molecular weight is 268 g/mol. The summed E-state index contributed by atoms with van der Waals surface area (Å²) in [6.07, 6.45) is -1.26. The Bertz CT molecular complexity index is 471. The topological polar surface area (TPSA) is 57.2 Å². The van der Waals surface area contributed by atoms with E-state index in [1.807, 2.05) is 13.8 Å². The molecule has 0 aromatic heterocycles. The van der Waals surface area contributed by atoms with Gasteiger partial charge in [0.25, 0.3) is 0 Å². The van der Waals surface area contributed by atoms with Crippen LogP contribution in [0.15, 0.2) is 6.07 Å². The fourth-order valence-electron chi connectivity index (χ4n) is 2.59. The summed E-state index contributed by atoms with van der Waals surface area (Å²) in [5, 5.41) is 10.4. The highest BCUT2D eigenvalue weighted by Crippen LogP contribution is 2.49. The van der Waals surface area contributed by atoms with Gasteiger partial charge in [0.1, 0.15) is 11.9 Å². The zero-order valence-electron chi connectivity index (χ0n) is 11.9. The van der Waals surface area contributed by atoms with Crippen molar-refractivity contribution < 1.29 is 24.1 Å². The summed E-state index contributed by atoms with van der Waals surface area (Å²) in [6.45, 7) is 3.76. The lowest BCUT2D eigenvalue weighted by Gasteiger charge is -2.35. The van der Waals surface area contributed by atoms with Gasteiger partial charge in [-0.25, -0.2) is 0 Å². The Balaban J connectivity index is 2.74. The molecule has 0 aliphatic carbocycles. The van der Waals surface area contributed by atoms with E-state index in [0.717, 1.165) is 5.56 Å². The molecule has 106 valence electrons. The molecule has 1 aliphatic heterocycles. The number of benzene rings is 1. The summed E-state index contributed by atoms with van der Waals surface area (Å²) in [4.78, 5) is 0. The predicted octanol–water partition coefficient (Wildman–Crippen LogP) is 2.23. The Morgan fingerprint density at radius 2 is 1.63 bits per heavy atom. The number of hydrogen-bond acceptors (Lipinski definition) is 5. The standard InChI is InChI=1S/C14H20O5/c1-7-11-9(16-3)6-10(17-4)14(18-5)12(11)13(15)8(2)19-7/h6-8,13,15H,1-5H3/t7-,8+,13+/m0/s1. The molecule has 1 N–H and O–H groups in total. The van der Waals surface area contributed by atoms with Crippen LogP contribution >= 0.6 is 0 Å². The molecule has 1 aromatic rings. The smallest absolute Gasteiger partial charge is 0.167 e. The minimum absolute atomic E-state index is 0.178. The maximum Gasteiger partial charge on any atom is 0.167 e. The number of methoxy groups -OCH3 is 3. The molecule has 1 aliphatic rings. The van der Waals surface area contributed by atoms with Crippen molar-refractivity contribution in [2.75, 3.05) is 21.3 Å². The third-order valence-electron chi connectivity index (χ3n) is 3.50. The molecule has 0 saturated heterocycles. The molecule has 0 fully saturated rings. The van der Waals surface area contributed by atoms with Crippen LogP contribution in [-0.2, 0) is 4.74 Å². The largest absolute Gasteiger partial charge is 0.496 e. The van der Waals surface area contributed by atoms with Crippen molar-refractivity contribution in [2.45, 2.75) is 32.2 Å². The van der Waals surface area contributed by atoms with Gasteiger partial charge >= 0.3 is 0 Å². The van der Waals surface area contributed by atoms with Gasteiger partial charge in [-0.1, -0.05) is 0 Å². The van der Waals surface area contributed by atoms with Crippen LogP contribution in [0.5, 0.6) is 17.2 Å². The van der Waals surface area contributed by atoms with Crippen LogP contribution in [0, 0.1) is 0 Å². The molecule has 2 rings (SSSR count). The Kier molecular flexibility index (Phi) is 3.87. The second kappa shape index (κ2) is 5.27. The van der Waals surface area contributed by atoms with Crippen molar-refractivity contribution >= 4 is 0 Å². The fourth-order valence-corrected chi connectivity index (χ4v) is 2.59. The van der Waals surface area contributed by atoms with Crippen molar-refractivity contribution in [1.29, 1.82) is 0 Å². The van der Waals surface area contributed by atoms with Crippen LogP contribution in [0.4, 0.5) is 0 Å². The minimum atomic E-state index is -0.773. The van der Waals surface area contributed by atoms with Gasteiger partial charge in [0.2, 0.25) is 0 Å². The molecule has 1 aromatic carbocycles. The minimum Gasteiger partial charge on any atom is -0.496 e. The second-order valence-corrected chi connectivity index (χ2v) is 4.57. The summed E-state index contributed by atoms with van der Waals surface area (Å²) >= 11 is 0. The molecule has 0 saturated carbocycles. The van der Waals surface area contributed by atoms with Gasteiger partial charge in [-0.2, -0.15) is 0 Å². The second-order valence-electron chi connectivity index (χ2n) is 4.57. The molecular formula is C14H20O5. The molecule has 5 heteroatoms. The van der Waals surface area contributed by atoms with Gasteiger partial charge < -0.3 is 24.1 Å². The van der Waals surface area contributed by atoms with E-state index < -0.39 is 6.10 Å². The van der Waals surface area contributed by atoms with Crippen molar-refractivity contribution in [3.63, 3.8) is 0 Å². The lowest BCUT2D eigenvalue weighted by Crippen LogP contribution is -2.28. The predicted molar refractivity (Wildman–Crippen MR) is 70.0 cm³/mol. The fraction of sp³-hybridized carbons (Fsp3) is 0.571. The van der Waals surface area contributed by atoms with Crippen molar-refractivity contribution in [2.24, 2.45) is 0 Å². The molecule has 5 nitrogen and oxygen atoms in total. The highest BCUT2D eigenvalue weighted by Gasteiger charge is 2.36. The van der Waals surface area contributed by atoms with Gasteiger partial charge in [0.05, 0.1) is 33.5 Å². The van der Waals surface area contributed by atoms with Crippen molar-refractivity contribution in [3.8, 4) is 17.2 Å². The van der Waals surface area contributed by atoms with Crippen LogP contribution in [0.25, 0.3) is 0 Å². The van der Waals surface area contributed by atoms with Gasteiger partial charge in [0, 0.05) is 17.2 Å². The molecular weight excluding hydrogens is 248 g/mol. The zero-order valence-corrected chi connectivity index (χ0v) is 11.9. The first-order valence-corrected chi connectivity index (χ1v) is 6.21. The maximum absolute atomic E-state index is 10.4. The van der Waals surface area contributed by atoms with Gasteiger partial charge in [-0.15, -0.1) is 0 Å². The first-order chi connectivity index (χ1) is 9.04. The Morgan fingerprint density at radius 3 is 2.16 bits per heavy atom. The van der Waals surface area contributed by atoms with Crippen LogP contribution in [0.3, 0.4) is 0 Å². The lowest BCUT2D eigenvalue weighted by atomic mass is 9.90. The van der Waals surface area contributed by atoms with E-state index in [2.05, 4.69) is 0 Å². The van der Waals surface area contributed by atoms with Crippen LogP contribution in [-0.4, -0.2) is 32.5 Å². The zero-order chi connectivity index (χ0) is 14.2. The van der Waals surface area contributed by atoms with E-state index >= 15 is 0 Å². The van der Waals surface area contributed by atoms with Gasteiger partial charge in [-0.3, -0.25) is 0 Å². The SMILES string of the molecule is COc1cc(OC)c2c(c1OC)[C@H](O)[C@@H](C)O[C@H]2C. The number of aliphatic hydroxyl groups excluding tert-OH is 1. The Hall–Kier alpha value is -1.46. The maximum atomic E-state index is 10.4. The number of hydrogen-bond donors (Lipinski definition) is 1. The molecule has 19 heavy (non-hydrogen) atoms. The molecule has 0 unspecified atom stereocenters. The number of rotatable bonds is 3. The summed E-state index contributed by atoms with van der Waals surface area (Å²) < 4.78 is 21.8. The van der Waals surface area contributed by atoms with E-state index in [1.54, 1.807) is 27.4 Å². The van der Waals surface area contributed by atoms with Gasteiger partial charge in [-0.05, 0) is 13.8 Å². The van der Waals surface area contributed by atoms with E-state index in [0.29, 0.717) is 22.8 Å². The van der Waals surface area contributed by atoms with E-state index in [1.165, 1.54) is 0 Å². The molecule has 1 heterocycles. The summed E-state index contributed by atoms with van der Waals surface area (Å²) in [5.41, 5.74) is 1.50. The molecule has 0 spiro atoms. The quantitative estimate of drug-likeness (QED) is 0.911. The highest BCUT2D eigenvalue weighted by molar-refractivity contribution is 5.59. The number of ether oxygens (including phenoxy) is 4. The highest BCUT2D eigenvalue weighted by atomic mass is 16.5. The molecule has 0 amide bonds. The normalized spacial score (nSPS) is 25.7. The van der Waals surface area contributed by atoms with Crippen LogP contribution in [0.2, 0.25) is 0 Å². The van der Waals surface area contributed by atoms with Crippen molar-refractivity contribution in [1.82, 2.24) is 0 Å². The Morgan fingerprint density at radius 1 is 1.00 bits per heavy atom. The van der Waals surface area contributed by atoms with Crippen LogP contribution < -0.4 is 14.2 Å². The summed E-state index contributed by atoms with van der Waals surface area (Å²) in [5.74, 6) is 1.71. The average Bonchev–Trinajstić information content (AvgIpc) is 2.42. The van der Waals surface area contributed by atoms with E-state index in [4.69, 9.17) is 18.9 Å². The molecule has 3 atom stereocenters. The van der Waals surface area contributed by atoms with E-state index in [9.17, 15) is 5.11 Å². The summed E-state index contributed by atoms with van der Waals surface area (Å²) in [6, 6.07) is 1.75. The van der Waals surface area contributed by atoms with Gasteiger partial charge in [0.15, 0.2) is 11.5 Å². The number of fused-ring (bicyclic) bond motifs is 1. The third-order valence-corrected chi connectivity index (χ3v) is 3.50. The lowest BCUT2D eigenvalue weighted by molar-refractivity contribution is -0.0826. The molecule has 0 radical (unpaired) electrons. The summed E-state index contributed by atoms with van der Waals surface area (Å²) in [7, 11) is 4.70. The molecule has 0 bridgehead atoms. The first-order valence-electron chi connectivity index (χ1n) is 6.21. The van der Waals surface area contributed by atoms with Crippen molar-refractivity contribution in [3.05, 3.63) is 17.2 Å². The monoisotopic (exact) mass is 268 g/mol. The van der Waals surface area contributed by atoms with E-state index in [-0.39, 0.29) is 12.2 Å².